The Bertz CT molecular complexity index is 617. The summed E-state index contributed by atoms with van der Waals surface area (Å²) in [4.78, 5) is 8.95. The number of pyridine rings is 1. The number of hydrogen-bond acceptors (Lipinski definition) is 3. The Morgan fingerprint density at radius 3 is 2.56 bits per heavy atom. The molecule has 2 heterocycles. The summed E-state index contributed by atoms with van der Waals surface area (Å²) in [5.74, 6) is 0. The highest BCUT2D eigenvalue weighted by molar-refractivity contribution is 7.13. The maximum absolute atomic E-state index is 4.63. The molecule has 0 aliphatic rings. The van der Waals surface area contributed by atoms with Gasteiger partial charge in [0.15, 0.2) is 0 Å². The highest BCUT2D eigenvalue weighted by atomic mass is 32.1. The lowest BCUT2D eigenvalue weighted by atomic mass is 10.1. The van der Waals surface area contributed by atoms with E-state index in [0.717, 1.165) is 22.8 Å². The number of hydrogen-bond donors (Lipinski definition) is 0. The first-order chi connectivity index (χ1) is 8.92. The fourth-order valence-corrected chi connectivity index (χ4v) is 2.60. The molecule has 0 fully saturated rings. The van der Waals surface area contributed by atoms with Gasteiger partial charge in [-0.1, -0.05) is 36.4 Å². The van der Waals surface area contributed by atoms with Crippen LogP contribution < -0.4 is 0 Å². The van der Waals surface area contributed by atoms with Crippen molar-refractivity contribution in [3.8, 4) is 10.7 Å². The van der Waals surface area contributed by atoms with E-state index < -0.39 is 0 Å². The van der Waals surface area contributed by atoms with E-state index in [1.807, 2.05) is 24.3 Å². The first-order valence-corrected chi connectivity index (χ1v) is 6.69. The van der Waals surface area contributed by atoms with Gasteiger partial charge in [0.05, 0.1) is 11.4 Å². The molecule has 0 unspecified atom stereocenters. The summed E-state index contributed by atoms with van der Waals surface area (Å²) in [5.41, 5.74) is 3.34. The van der Waals surface area contributed by atoms with Crippen LogP contribution in [0.2, 0.25) is 0 Å². The largest absolute Gasteiger partial charge is 0.254 e. The summed E-state index contributed by atoms with van der Waals surface area (Å²) in [6, 6.07) is 16.3. The number of benzene rings is 1. The summed E-state index contributed by atoms with van der Waals surface area (Å²) >= 11 is 1.65. The molecule has 0 bridgehead atoms. The van der Waals surface area contributed by atoms with Crippen LogP contribution in [0, 0.1) is 0 Å². The molecule has 0 amide bonds. The highest BCUT2D eigenvalue weighted by Gasteiger charge is 2.05. The number of thiazole rings is 1. The Morgan fingerprint density at radius 2 is 1.78 bits per heavy atom. The van der Waals surface area contributed by atoms with Crippen LogP contribution in [-0.4, -0.2) is 9.97 Å². The minimum absolute atomic E-state index is 0.879. The molecule has 0 saturated carbocycles. The van der Waals surface area contributed by atoms with Crippen molar-refractivity contribution in [3.63, 3.8) is 0 Å². The van der Waals surface area contributed by atoms with Gasteiger partial charge in [-0.2, -0.15) is 0 Å². The fraction of sp³-hybridized carbons (Fsp3) is 0.0667. The van der Waals surface area contributed by atoms with Gasteiger partial charge in [0.25, 0.3) is 0 Å². The number of rotatable bonds is 3. The van der Waals surface area contributed by atoms with E-state index in [0.29, 0.717) is 0 Å². The van der Waals surface area contributed by atoms with Crippen molar-refractivity contribution in [1.29, 1.82) is 0 Å². The molecule has 2 nitrogen and oxygen atoms in total. The molecule has 3 rings (SSSR count). The zero-order valence-electron chi connectivity index (χ0n) is 9.78. The van der Waals surface area contributed by atoms with E-state index in [4.69, 9.17) is 0 Å². The molecule has 2 aromatic heterocycles. The average Bonchev–Trinajstić information content (AvgIpc) is 2.89. The van der Waals surface area contributed by atoms with Crippen molar-refractivity contribution in [2.45, 2.75) is 6.42 Å². The van der Waals surface area contributed by atoms with Crippen LogP contribution in [-0.2, 0) is 6.42 Å². The number of aromatic nitrogens is 2. The van der Waals surface area contributed by atoms with E-state index in [1.54, 1.807) is 17.5 Å². The summed E-state index contributed by atoms with van der Waals surface area (Å²) < 4.78 is 0. The molecular formula is C15H12N2S. The maximum Gasteiger partial charge on any atom is 0.142 e. The Kier molecular flexibility index (Phi) is 3.15. The molecule has 18 heavy (non-hydrogen) atoms. The predicted molar refractivity (Wildman–Crippen MR) is 74.6 cm³/mol. The maximum atomic E-state index is 4.63. The van der Waals surface area contributed by atoms with Gasteiger partial charge in [-0.3, -0.25) is 4.98 Å². The highest BCUT2D eigenvalue weighted by Crippen LogP contribution is 2.22. The molecule has 0 N–H and O–H groups in total. The molecule has 88 valence electrons. The minimum Gasteiger partial charge on any atom is -0.254 e. The summed E-state index contributed by atoms with van der Waals surface area (Å²) in [6.07, 6.45) is 2.68. The molecule has 3 aromatic rings. The second-order valence-corrected chi connectivity index (χ2v) is 4.88. The molecular weight excluding hydrogens is 240 g/mol. The van der Waals surface area contributed by atoms with Gasteiger partial charge in [0, 0.05) is 18.0 Å². The predicted octanol–water partition coefficient (Wildman–Crippen LogP) is 3.80. The zero-order chi connectivity index (χ0) is 12.2. The number of nitrogens with zero attached hydrogens (tertiary/aromatic N) is 2. The van der Waals surface area contributed by atoms with Gasteiger partial charge in [-0.15, -0.1) is 11.3 Å². The van der Waals surface area contributed by atoms with Crippen LogP contribution in [0.4, 0.5) is 0 Å². The summed E-state index contributed by atoms with van der Waals surface area (Å²) in [5, 5.41) is 3.10. The molecule has 0 radical (unpaired) electrons. The Balaban J connectivity index is 1.82. The smallest absolute Gasteiger partial charge is 0.142 e. The summed E-state index contributed by atoms with van der Waals surface area (Å²) in [7, 11) is 0. The fourth-order valence-electron chi connectivity index (χ4n) is 1.80. The third-order valence-corrected chi connectivity index (χ3v) is 3.58. The second kappa shape index (κ2) is 5.10. The Morgan fingerprint density at radius 1 is 0.944 bits per heavy atom. The van der Waals surface area contributed by atoms with Crippen molar-refractivity contribution < 1.29 is 0 Å². The summed E-state index contributed by atoms with van der Waals surface area (Å²) in [6.45, 7) is 0. The molecule has 0 saturated heterocycles. The van der Waals surface area contributed by atoms with Gasteiger partial charge >= 0.3 is 0 Å². The van der Waals surface area contributed by atoms with Gasteiger partial charge in [-0.25, -0.2) is 4.98 Å². The van der Waals surface area contributed by atoms with Crippen LogP contribution >= 0.6 is 11.3 Å². The van der Waals surface area contributed by atoms with Gasteiger partial charge in [-0.05, 0) is 17.7 Å². The lowest BCUT2D eigenvalue weighted by molar-refractivity contribution is 1.10. The van der Waals surface area contributed by atoms with E-state index in [9.17, 15) is 0 Å². The topological polar surface area (TPSA) is 25.8 Å². The van der Waals surface area contributed by atoms with Gasteiger partial charge in [0.2, 0.25) is 0 Å². The first-order valence-electron chi connectivity index (χ1n) is 5.81. The van der Waals surface area contributed by atoms with Crippen molar-refractivity contribution in [3.05, 3.63) is 71.4 Å². The third kappa shape index (κ3) is 2.46. The van der Waals surface area contributed by atoms with E-state index in [-0.39, 0.29) is 0 Å². The van der Waals surface area contributed by atoms with Crippen LogP contribution in [0.5, 0.6) is 0 Å². The van der Waals surface area contributed by atoms with E-state index >= 15 is 0 Å². The monoisotopic (exact) mass is 252 g/mol. The molecule has 0 aliphatic heterocycles. The van der Waals surface area contributed by atoms with E-state index in [1.165, 1.54) is 5.56 Å². The van der Waals surface area contributed by atoms with Crippen LogP contribution in [0.25, 0.3) is 10.7 Å². The van der Waals surface area contributed by atoms with Crippen molar-refractivity contribution >= 4 is 11.3 Å². The quantitative estimate of drug-likeness (QED) is 0.708. The molecule has 0 spiro atoms. The Hall–Kier alpha value is -2.00. The van der Waals surface area contributed by atoms with Gasteiger partial charge < -0.3 is 0 Å². The minimum atomic E-state index is 0.879. The van der Waals surface area contributed by atoms with Crippen molar-refractivity contribution in [1.82, 2.24) is 9.97 Å². The molecule has 0 atom stereocenters. The van der Waals surface area contributed by atoms with Crippen molar-refractivity contribution in [2.75, 3.05) is 0 Å². The van der Waals surface area contributed by atoms with Crippen LogP contribution in [0.3, 0.4) is 0 Å². The third-order valence-electron chi connectivity index (χ3n) is 2.66. The lowest BCUT2D eigenvalue weighted by Crippen LogP contribution is -1.88. The standard InChI is InChI=1S/C15H12N2S/c1-2-6-12(7-3-1)10-13-11-18-15(17-13)14-8-4-5-9-16-14/h1-9,11H,10H2. The lowest BCUT2D eigenvalue weighted by Gasteiger charge is -1.97. The van der Waals surface area contributed by atoms with E-state index in [2.05, 4.69) is 39.6 Å². The zero-order valence-corrected chi connectivity index (χ0v) is 10.6. The van der Waals surface area contributed by atoms with Gasteiger partial charge in [0.1, 0.15) is 5.01 Å². The molecule has 0 aliphatic carbocycles. The molecule has 1 aromatic carbocycles. The first kappa shape index (κ1) is 11.1. The van der Waals surface area contributed by atoms with Crippen molar-refractivity contribution in [2.24, 2.45) is 0 Å². The second-order valence-electron chi connectivity index (χ2n) is 4.02. The normalized spacial score (nSPS) is 10.4. The molecule has 3 heteroatoms. The SMILES string of the molecule is c1ccc(Cc2csc(-c3ccccn3)n2)cc1. The van der Waals surface area contributed by atoms with Crippen LogP contribution in [0.1, 0.15) is 11.3 Å². The average molecular weight is 252 g/mol. The Labute approximate surface area is 110 Å². The van der Waals surface area contributed by atoms with Crippen LogP contribution in [0.15, 0.2) is 60.1 Å².